The molecule has 0 bridgehead atoms. The van der Waals surface area contributed by atoms with Crippen molar-refractivity contribution in [3.05, 3.63) is 26.7 Å². The highest BCUT2D eigenvalue weighted by Crippen LogP contribution is 2.39. The fraction of sp³-hybridized carbons (Fsp3) is 0.333. The van der Waals surface area contributed by atoms with E-state index in [-0.39, 0.29) is 15.8 Å². The van der Waals surface area contributed by atoms with Crippen LogP contribution in [0.1, 0.15) is 18.9 Å². The number of hydrogen-bond acceptors (Lipinski definition) is 1. The molecule has 0 saturated carbocycles. The highest BCUT2D eigenvalue weighted by molar-refractivity contribution is 6.41. The lowest BCUT2D eigenvalue weighted by Crippen LogP contribution is -1.88. The Bertz CT molecular complexity index is 323. The molecule has 0 heterocycles. The zero-order valence-corrected chi connectivity index (χ0v) is 9.34. The lowest BCUT2D eigenvalue weighted by molar-refractivity contribution is 0.475. The molecule has 1 aromatic carbocycles. The molecular formula is C9H9Cl3O. The molecule has 0 spiro atoms. The Morgan fingerprint density at radius 1 is 1.23 bits per heavy atom. The molecule has 1 rings (SSSR count). The van der Waals surface area contributed by atoms with Crippen molar-refractivity contribution in [1.82, 2.24) is 0 Å². The number of aromatic hydroxyl groups is 1. The van der Waals surface area contributed by atoms with Crippen LogP contribution >= 0.6 is 34.8 Å². The predicted octanol–water partition coefficient (Wildman–Crippen LogP) is 4.30. The maximum atomic E-state index is 9.42. The topological polar surface area (TPSA) is 20.2 Å². The third kappa shape index (κ3) is 2.22. The molecule has 1 aromatic rings. The molecule has 0 unspecified atom stereocenters. The third-order valence-electron chi connectivity index (χ3n) is 1.74. The van der Waals surface area contributed by atoms with Crippen LogP contribution in [0, 0.1) is 0 Å². The van der Waals surface area contributed by atoms with Crippen LogP contribution in [0.2, 0.25) is 15.1 Å². The molecule has 0 aromatic heterocycles. The molecule has 4 heteroatoms. The van der Waals surface area contributed by atoms with Gasteiger partial charge in [0.25, 0.3) is 0 Å². The smallest absolute Gasteiger partial charge is 0.153 e. The average molecular weight is 240 g/mol. The number of rotatable bonds is 2. The fourth-order valence-corrected chi connectivity index (χ4v) is 2.05. The second-order valence-corrected chi connectivity index (χ2v) is 3.92. The molecule has 0 radical (unpaired) electrons. The van der Waals surface area contributed by atoms with Gasteiger partial charge in [0.15, 0.2) is 5.75 Å². The minimum Gasteiger partial charge on any atom is -0.505 e. The van der Waals surface area contributed by atoms with Crippen LogP contribution in [-0.4, -0.2) is 5.11 Å². The molecule has 72 valence electrons. The Kier molecular flexibility index (Phi) is 3.72. The Labute approximate surface area is 92.2 Å². The van der Waals surface area contributed by atoms with Crippen molar-refractivity contribution >= 4 is 34.8 Å². The van der Waals surface area contributed by atoms with E-state index in [1.807, 2.05) is 6.92 Å². The molecular weight excluding hydrogens is 230 g/mol. The second kappa shape index (κ2) is 4.41. The second-order valence-electron chi connectivity index (χ2n) is 2.73. The Morgan fingerprint density at radius 3 is 2.38 bits per heavy atom. The van der Waals surface area contributed by atoms with E-state index >= 15 is 0 Å². The first kappa shape index (κ1) is 11.0. The maximum absolute atomic E-state index is 9.42. The molecule has 1 nitrogen and oxygen atoms in total. The molecule has 0 aliphatic heterocycles. The van der Waals surface area contributed by atoms with Crippen LogP contribution < -0.4 is 0 Å². The Balaban J connectivity index is 3.26. The zero-order valence-electron chi connectivity index (χ0n) is 7.07. The first-order valence-electron chi connectivity index (χ1n) is 3.93. The van der Waals surface area contributed by atoms with Gasteiger partial charge >= 0.3 is 0 Å². The average Bonchev–Trinajstić information content (AvgIpc) is 2.09. The molecule has 0 atom stereocenters. The van der Waals surface area contributed by atoms with E-state index < -0.39 is 0 Å². The number of benzene rings is 1. The molecule has 0 fully saturated rings. The van der Waals surface area contributed by atoms with Crippen molar-refractivity contribution in [2.75, 3.05) is 0 Å². The zero-order chi connectivity index (χ0) is 10.0. The molecule has 0 saturated heterocycles. The van der Waals surface area contributed by atoms with Gasteiger partial charge in [-0.15, -0.1) is 0 Å². The van der Waals surface area contributed by atoms with E-state index in [0.717, 1.165) is 18.4 Å². The normalized spacial score (nSPS) is 10.5. The number of halogens is 3. The summed E-state index contributed by atoms with van der Waals surface area (Å²) < 4.78 is 0. The van der Waals surface area contributed by atoms with Crippen LogP contribution in [0.25, 0.3) is 0 Å². The van der Waals surface area contributed by atoms with Crippen LogP contribution in [0.3, 0.4) is 0 Å². The summed E-state index contributed by atoms with van der Waals surface area (Å²) in [6.07, 6.45) is 1.66. The van der Waals surface area contributed by atoms with Gasteiger partial charge in [-0.05, 0) is 18.1 Å². The van der Waals surface area contributed by atoms with Crippen molar-refractivity contribution in [3.63, 3.8) is 0 Å². The molecule has 0 aliphatic rings. The number of phenols is 1. The minimum atomic E-state index is -0.0869. The van der Waals surface area contributed by atoms with E-state index in [2.05, 4.69) is 0 Å². The Hall–Kier alpha value is -0.110. The van der Waals surface area contributed by atoms with Gasteiger partial charge in [0.2, 0.25) is 0 Å². The number of phenolic OH excluding ortho intramolecular Hbond substituents is 1. The quantitative estimate of drug-likeness (QED) is 0.815. The summed E-state index contributed by atoms with van der Waals surface area (Å²) in [6.45, 7) is 2.01. The third-order valence-corrected chi connectivity index (χ3v) is 2.77. The van der Waals surface area contributed by atoms with E-state index in [4.69, 9.17) is 34.8 Å². The van der Waals surface area contributed by atoms with Gasteiger partial charge in [-0.25, -0.2) is 0 Å². The van der Waals surface area contributed by atoms with E-state index in [1.54, 1.807) is 0 Å². The monoisotopic (exact) mass is 238 g/mol. The van der Waals surface area contributed by atoms with Crippen LogP contribution in [0.5, 0.6) is 5.75 Å². The standard InChI is InChI=1S/C9H9Cl3O/c1-2-3-5-6(10)4-7(11)9(13)8(5)12/h4,13H,2-3H2,1H3. The van der Waals surface area contributed by atoms with Crippen molar-refractivity contribution in [2.24, 2.45) is 0 Å². The first-order valence-corrected chi connectivity index (χ1v) is 5.06. The van der Waals surface area contributed by atoms with Gasteiger partial charge in [0, 0.05) is 5.02 Å². The summed E-state index contributed by atoms with van der Waals surface area (Å²) in [6, 6.07) is 1.51. The summed E-state index contributed by atoms with van der Waals surface area (Å²) in [5, 5.41) is 10.4. The number of hydrogen-bond donors (Lipinski definition) is 1. The Morgan fingerprint density at radius 2 is 1.85 bits per heavy atom. The van der Waals surface area contributed by atoms with Gasteiger partial charge in [0.1, 0.15) is 0 Å². The van der Waals surface area contributed by atoms with Crippen molar-refractivity contribution in [2.45, 2.75) is 19.8 Å². The summed E-state index contributed by atoms with van der Waals surface area (Å²) >= 11 is 17.4. The first-order chi connectivity index (χ1) is 6.07. The lowest BCUT2D eigenvalue weighted by atomic mass is 10.1. The van der Waals surface area contributed by atoms with Crippen molar-refractivity contribution < 1.29 is 5.11 Å². The van der Waals surface area contributed by atoms with Gasteiger partial charge < -0.3 is 5.11 Å². The van der Waals surface area contributed by atoms with Gasteiger partial charge in [-0.1, -0.05) is 48.1 Å². The largest absolute Gasteiger partial charge is 0.505 e. The van der Waals surface area contributed by atoms with E-state index in [9.17, 15) is 5.11 Å². The summed E-state index contributed by atoms with van der Waals surface area (Å²) in [4.78, 5) is 0. The lowest BCUT2D eigenvalue weighted by Gasteiger charge is -2.08. The predicted molar refractivity (Wildman–Crippen MR) is 57.1 cm³/mol. The van der Waals surface area contributed by atoms with Crippen molar-refractivity contribution in [1.29, 1.82) is 0 Å². The maximum Gasteiger partial charge on any atom is 0.153 e. The summed E-state index contributed by atoms with van der Waals surface area (Å²) in [5.41, 5.74) is 0.757. The van der Waals surface area contributed by atoms with Crippen LogP contribution in [0.15, 0.2) is 6.07 Å². The fourth-order valence-electron chi connectivity index (χ4n) is 1.10. The molecule has 1 N–H and O–H groups in total. The van der Waals surface area contributed by atoms with Crippen molar-refractivity contribution in [3.8, 4) is 5.75 Å². The summed E-state index contributed by atoms with van der Waals surface area (Å²) in [7, 11) is 0. The minimum absolute atomic E-state index is 0.0869. The SMILES string of the molecule is CCCc1c(Cl)cc(Cl)c(O)c1Cl. The molecule has 13 heavy (non-hydrogen) atoms. The molecule has 0 aliphatic carbocycles. The highest BCUT2D eigenvalue weighted by atomic mass is 35.5. The van der Waals surface area contributed by atoms with Gasteiger partial charge in [-0.3, -0.25) is 0 Å². The van der Waals surface area contributed by atoms with Crippen LogP contribution in [0.4, 0.5) is 0 Å². The van der Waals surface area contributed by atoms with Gasteiger partial charge in [-0.2, -0.15) is 0 Å². The van der Waals surface area contributed by atoms with Crippen LogP contribution in [-0.2, 0) is 6.42 Å². The van der Waals surface area contributed by atoms with E-state index in [0.29, 0.717) is 5.02 Å². The summed E-state index contributed by atoms with van der Waals surface area (Å²) in [5.74, 6) is -0.0869. The van der Waals surface area contributed by atoms with Gasteiger partial charge in [0.05, 0.1) is 10.0 Å². The highest BCUT2D eigenvalue weighted by Gasteiger charge is 2.13. The van der Waals surface area contributed by atoms with E-state index in [1.165, 1.54) is 6.07 Å². The molecule has 0 amide bonds.